The summed E-state index contributed by atoms with van der Waals surface area (Å²) in [6.07, 6.45) is 1.15. The van der Waals surface area contributed by atoms with Gasteiger partial charge in [-0.15, -0.1) is 0 Å². The van der Waals surface area contributed by atoms with Gasteiger partial charge in [-0.1, -0.05) is 11.6 Å². The molecule has 2 heterocycles. The van der Waals surface area contributed by atoms with E-state index in [0.29, 0.717) is 6.04 Å². The van der Waals surface area contributed by atoms with Gasteiger partial charge in [0.05, 0.1) is 5.52 Å². The summed E-state index contributed by atoms with van der Waals surface area (Å²) in [4.78, 5) is 0. The molecule has 1 unspecified atom stereocenters. The Bertz CT molecular complexity index is 593. The van der Waals surface area contributed by atoms with E-state index in [4.69, 9.17) is 0 Å². The zero-order chi connectivity index (χ0) is 12.2. The van der Waals surface area contributed by atoms with Crippen LogP contribution in [-0.4, -0.2) is 10.6 Å². The number of benzene rings is 1. The molecule has 0 bridgehead atoms. The molecule has 0 saturated carbocycles. The third-order valence-electron chi connectivity index (χ3n) is 3.99. The standard InChI is InChI=1S/C15H20N2/c1-9-5-10(2)15-13(6-9)12-7-11(3)16-8-14(12)17(15)4/h5-6,11,16H,7-8H2,1-4H3. The molecule has 2 heteroatoms. The first-order chi connectivity index (χ1) is 8.08. The van der Waals surface area contributed by atoms with Crippen molar-refractivity contribution >= 4 is 10.9 Å². The van der Waals surface area contributed by atoms with Crippen LogP contribution >= 0.6 is 0 Å². The van der Waals surface area contributed by atoms with Crippen molar-refractivity contribution in [2.24, 2.45) is 7.05 Å². The summed E-state index contributed by atoms with van der Waals surface area (Å²) in [5.41, 5.74) is 7.20. The van der Waals surface area contributed by atoms with Gasteiger partial charge in [0.1, 0.15) is 0 Å². The Morgan fingerprint density at radius 3 is 2.82 bits per heavy atom. The molecule has 1 atom stereocenters. The van der Waals surface area contributed by atoms with Crippen LogP contribution in [0.5, 0.6) is 0 Å². The van der Waals surface area contributed by atoms with E-state index in [2.05, 4.69) is 49.8 Å². The van der Waals surface area contributed by atoms with Gasteiger partial charge >= 0.3 is 0 Å². The van der Waals surface area contributed by atoms with E-state index in [0.717, 1.165) is 13.0 Å². The van der Waals surface area contributed by atoms with Crippen LogP contribution in [0.3, 0.4) is 0 Å². The van der Waals surface area contributed by atoms with E-state index >= 15 is 0 Å². The molecule has 1 aromatic heterocycles. The summed E-state index contributed by atoms with van der Waals surface area (Å²) in [6, 6.07) is 5.22. The summed E-state index contributed by atoms with van der Waals surface area (Å²) < 4.78 is 2.37. The smallest absolute Gasteiger partial charge is 0.0513 e. The second-order valence-electron chi connectivity index (χ2n) is 5.45. The lowest BCUT2D eigenvalue weighted by molar-refractivity contribution is 0.500. The zero-order valence-electron chi connectivity index (χ0n) is 11.1. The van der Waals surface area contributed by atoms with Crippen molar-refractivity contribution in [2.75, 3.05) is 0 Å². The Labute approximate surface area is 103 Å². The molecule has 0 spiro atoms. The Balaban J connectivity index is 2.38. The van der Waals surface area contributed by atoms with E-state index in [1.807, 2.05) is 0 Å². The normalized spacial score (nSPS) is 19.6. The molecule has 0 fully saturated rings. The first-order valence-corrected chi connectivity index (χ1v) is 6.38. The highest BCUT2D eigenvalue weighted by Gasteiger charge is 2.22. The van der Waals surface area contributed by atoms with Crippen molar-refractivity contribution in [3.8, 4) is 0 Å². The van der Waals surface area contributed by atoms with Crippen molar-refractivity contribution in [3.63, 3.8) is 0 Å². The van der Waals surface area contributed by atoms with Crippen LogP contribution in [0, 0.1) is 13.8 Å². The number of nitrogens with one attached hydrogen (secondary N) is 1. The van der Waals surface area contributed by atoms with Crippen LogP contribution in [0.1, 0.15) is 29.3 Å². The minimum Gasteiger partial charge on any atom is -0.346 e. The van der Waals surface area contributed by atoms with Crippen molar-refractivity contribution < 1.29 is 0 Å². The summed E-state index contributed by atoms with van der Waals surface area (Å²) in [6.45, 7) is 7.68. The van der Waals surface area contributed by atoms with Crippen LogP contribution in [0.2, 0.25) is 0 Å². The Kier molecular flexibility index (Phi) is 2.30. The monoisotopic (exact) mass is 228 g/mol. The number of hydrogen-bond acceptors (Lipinski definition) is 1. The van der Waals surface area contributed by atoms with Crippen molar-refractivity contribution in [1.82, 2.24) is 9.88 Å². The van der Waals surface area contributed by atoms with Gasteiger partial charge in [-0.05, 0) is 44.4 Å². The van der Waals surface area contributed by atoms with E-state index < -0.39 is 0 Å². The maximum Gasteiger partial charge on any atom is 0.0513 e. The molecular formula is C15H20N2. The molecule has 0 aliphatic carbocycles. The minimum absolute atomic E-state index is 0.592. The van der Waals surface area contributed by atoms with E-state index in [1.54, 1.807) is 5.56 Å². The Morgan fingerprint density at radius 2 is 2.06 bits per heavy atom. The number of hydrogen-bond donors (Lipinski definition) is 1. The lowest BCUT2D eigenvalue weighted by atomic mass is 9.98. The van der Waals surface area contributed by atoms with Crippen LogP contribution in [0.4, 0.5) is 0 Å². The zero-order valence-corrected chi connectivity index (χ0v) is 11.1. The molecule has 1 aliphatic heterocycles. The number of rotatable bonds is 0. The topological polar surface area (TPSA) is 17.0 Å². The molecule has 17 heavy (non-hydrogen) atoms. The summed E-state index contributed by atoms with van der Waals surface area (Å²) in [5, 5.41) is 5.02. The fourth-order valence-corrected chi connectivity index (χ4v) is 3.23. The minimum atomic E-state index is 0.592. The molecular weight excluding hydrogens is 208 g/mol. The summed E-state index contributed by atoms with van der Waals surface area (Å²) in [7, 11) is 2.20. The van der Waals surface area contributed by atoms with Gasteiger partial charge in [0, 0.05) is 30.7 Å². The maximum atomic E-state index is 3.55. The van der Waals surface area contributed by atoms with E-state index in [9.17, 15) is 0 Å². The number of fused-ring (bicyclic) bond motifs is 3. The van der Waals surface area contributed by atoms with Gasteiger partial charge in [-0.25, -0.2) is 0 Å². The predicted molar refractivity (Wildman–Crippen MR) is 72.4 cm³/mol. The van der Waals surface area contributed by atoms with Crippen LogP contribution < -0.4 is 5.32 Å². The van der Waals surface area contributed by atoms with Gasteiger partial charge in [0.15, 0.2) is 0 Å². The predicted octanol–water partition coefficient (Wildman–Crippen LogP) is 2.83. The van der Waals surface area contributed by atoms with Crippen molar-refractivity contribution in [3.05, 3.63) is 34.5 Å². The molecule has 90 valence electrons. The SMILES string of the molecule is Cc1cc(C)c2c(c1)c1c(n2C)CNC(C)C1. The van der Waals surface area contributed by atoms with E-state index in [-0.39, 0.29) is 0 Å². The highest BCUT2D eigenvalue weighted by atomic mass is 15.0. The highest BCUT2D eigenvalue weighted by Crippen LogP contribution is 2.31. The molecule has 2 nitrogen and oxygen atoms in total. The molecule has 3 rings (SSSR count). The Hall–Kier alpha value is -1.28. The van der Waals surface area contributed by atoms with Gasteiger partial charge in [0.2, 0.25) is 0 Å². The van der Waals surface area contributed by atoms with Crippen LogP contribution in [0.25, 0.3) is 10.9 Å². The Morgan fingerprint density at radius 1 is 1.29 bits per heavy atom. The van der Waals surface area contributed by atoms with E-state index in [1.165, 1.54) is 27.7 Å². The quantitative estimate of drug-likeness (QED) is 0.733. The van der Waals surface area contributed by atoms with Crippen LogP contribution in [-0.2, 0) is 20.0 Å². The largest absolute Gasteiger partial charge is 0.346 e. The summed E-state index contributed by atoms with van der Waals surface area (Å²) >= 11 is 0. The van der Waals surface area contributed by atoms with Gasteiger partial charge in [-0.3, -0.25) is 0 Å². The highest BCUT2D eigenvalue weighted by molar-refractivity contribution is 5.89. The molecule has 2 aromatic rings. The second kappa shape index (κ2) is 3.61. The van der Waals surface area contributed by atoms with Gasteiger partial charge < -0.3 is 9.88 Å². The van der Waals surface area contributed by atoms with Gasteiger partial charge in [-0.2, -0.15) is 0 Å². The maximum absolute atomic E-state index is 3.55. The third-order valence-corrected chi connectivity index (χ3v) is 3.99. The average molecular weight is 228 g/mol. The third kappa shape index (κ3) is 1.51. The summed E-state index contributed by atoms with van der Waals surface area (Å²) in [5.74, 6) is 0. The molecule has 1 N–H and O–H groups in total. The molecule has 0 saturated heterocycles. The first-order valence-electron chi connectivity index (χ1n) is 6.38. The number of nitrogens with zero attached hydrogens (tertiary/aromatic N) is 1. The lowest BCUT2D eigenvalue weighted by Crippen LogP contribution is -2.33. The molecule has 0 radical (unpaired) electrons. The van der Waals surface area contributed by atoms with Crippen molar-refractivity contribution in [2.45, 2.75) is 39.8 Å². The average Bonchev–Trinajstić information content (AvgIpc) is 2.52. The first kappa shape index (κ1) is 10.8. The lowest BCUT2D eigenvalue weighted by Gasteiger charge is -2.21. The van der Waals surface area contributed by atoms with Gasteiger partial charge in [0.25, 0.3) is 0 Å². The number of aryl methyl sites for hydroxylation is 3. The molecule has 1 aromatic carbocycles. The fraction of sp³-hybridized carbons (Fsp3) is 0.467. The fourth-order valence-electron chi connectivity index (χ4n) is 3.23. The molecule has 0 amide bonds. The second-order valence-corrected chi connectivity index (χ2v) is 5.45. The van der Waals surface area contributed by atoms with Crippen LogP contribution in [0.15, 0.2) is 12.1 Å². The van der Waals surface area contributed by atoms with Crippen molar-refractivity contribution in [1.29, 1.82) is 0 Å². The number of aromatic nitrogens is 1. The molecule has 1 aliphatic rings.